The molecule has 3 rings (SSSR count). The molecule has 1 aliphatic rings. The van der Waals surface area contributed by atoms with Crippen molar-refractivity contribution in [1.29, 1.82) is 0 Å². The molecule has 1 fully saturated rings. The highest BCUT2D eigenvalue weighted by Gasteiger charge is 2.35. The number of carbonyl (C=O) groups excluding carboxylic acids is 1. The van der Waals surface area contributed by atoms with Gasteiger partial charge in [-0.3, -0.25) is 9.78 Å². The normalized spacial score (nSPS) is 16.1. The van der Waals surface area contributed by atoms with Crippen molar-refractivity contribution in [2.45, 2.75) is 28.1 Å². The monoisotopic (exact) mass is 381 g/mol. The minimum absolute atomic E-state index is 0.00878. The summed E-state index contributed by atoms with van der Waals surface area (Å²) < 4.78 is 26.7. The molecule has 1 amide bonds. The summed E-state index contributed by atoms with van der Waals surface area (Å²) in [6.07, 6.45) is 5.59. The van der Waals surface area contributed by atoms with E-state index in [2.05, 4.69) is 15.2 Å². The number of aryl methyl sites for hydroxylation is 1. The zero-order valence-corrected chi connectivity index (χ0v) is 15.4. The Bertz CT molecular complexity index is 830. The zero-order valence-electron chi connectivity index (χ0n) is 13.8. The van der Waals surface area contributed by atoms with Crippen LogP contribution < -0.4 is 0 Å². The summed E-state index contributed by atoms with van der Waals surface area (Å²) in [4.78, 5) is 19.0. The molecule has 10 heteroatoms. The van der Waals surface area contributed by atoms with E-state index in [4.69, 9.17) is 0 Å². The van der Waals surface area contributed by atoms with E-state index in [-0.39, 0.29) is 11.1 Å². The van der Waals surface area contributed by atoms with Crippen molar-refractivity contribution in [2.24, 2.45) is 7.05 Å². The van der Waals surface area contributed by atoms with Crippen LogP contribution in [0.25, 0.3) is 0 Å². The third-order valence-corrected chi connectivity index (χ3v) is 7.39. The lowest BCUT2D eigenvalue weighted by Crippen LogP contribution is -2.43. The molecule has 1 aliphatic heterocycles. The van der Waals surface area contributed by atoms with Crippen molar-refractivity contribution in [1.82, 2.24) is 24.6 Å². The van der Waals surface area contributed by atoms with Gasteiger partial charge in [0.25, 0.3) is 0 Å². The SMILES string of the molecule is Cn1cnnc1S(=O)(=O)C1CCN(C(=O)CSc2ccncc2)CC1. The smallest absolute Gasteiger partial charge is 0.249 e. The largest absolute Gasteiger partial charge is 0.342 e. The van der Waals surface area contributed by atoms with Gasteiger partial charge in [0.2, 0.25) is 20.9 Å². The van der Waals surface area contributed by atoms with Crippen LogP contribution in [0.5, 0.6) is 0 Å². The van der Waals surface area contributed by atoms with Crippen LogP contribution in [0.4, 0.5) is 0 Å². The van der Waals surface area contributed by atoms with E-state index in [1.54, 1.807) is 24.3 Å². The maximum Gasteiger partial charge on any atom is 0.249 e. The van der Waals surface area contributed by atoms with Crippen molar-refractivity contribution in [3.05, 3.63) is 30.9 Å². The van der Waals surface area contributed by atoms with E-state index < -0.39 is 15.1 Å². The van der Waals surface area contributed by atoms with Gasteiger partial charge in [-0.2, -0.15) is 0 Å². The van der Waals surface area contributed by atoms with E-state index >= 15 is 0 Å². The van der Waals surface area contributed by atoms with Crippen LogP contribution in [0.1, 0.15) is 12.8 Å². The molecule has 134 valence electrons. The molecule has 0 N–H and O–H groups in total. The Labute approximate surface area is 150 Å². The van der Waals surface area contributed by atoms with Gasteiger partial charge in [0, 0.05) is 37.4 Å². The summed E-state index contributed by atoms with van der Waals surface area (Å²) in [6.45, 7) is 0.884. The van der Waals surface area contributed by atoms with E-state index in [1.807, 2.05) is 12.1 Å². The van der Waals surface area contributed by atoms with Gasteiger partial charge in [0.15, 0.2) is 0 Å². The molecule has 0 bridgehead atoms. The predicted molar refractivity (Wildman–Crippen MR) is 92.8 cm³/mol. The number of thioether (sulfide) groups is 1. The van der Waals surface area contributed by atoms with Crippen molar-refractivity contribution >= 4 is 27.5 Å². The zero-order chi connectivity index (χ0) is 17.9. The number of sulfone groups is 1. The molecule has 8 nitrogen and oxygen atoms in total. The Kier molecular flexibility index (Phi) is 5.38. The molecule has 0 aromatic carbocycles. The van der Waals surface area contributed by atoms with E-state index in [0.29, 0.717) is 31.7 Å². The van der Waals surface area contributed by atoms with Crippen LogP contribution in [0.15, 0.2) is 40.9 Å². The Hall–Kier alpha value is -1.94. The number of amides is 1. The number of piperidine rings is 1. The number of hydrogen-bond acceptors (Lipinski definition) is 7. The van der Waals surface area contributed by atoms with Gasteiger partial charge >= 0.3 is 0 Å². The number of pyridine rings is 1. The molecule has 0 unspecified atom stereocenters. The first-order valence-corrected chi connectivity index (χ1v) is 10.4. The summed E-state index contributed by atoms with van der Waals surface area (Å²) >= 11 is 1.46. The number of nitrogens with zero attached hydrogens (tertiary/aromatic N) is 5. The Morgan fingerprint density at radius 3 is 2.56 bits per heavy atom. The molecule has 2 aromatic heterocycles. The Morgan fingerprint density at radius 1 is 1.28 bits per heavy atom. The van der Waals surface area contributed by atoms with Crippen LogP contribution in [-0.4, -0.2) is 63.1 Å². The lowest BCUT2D eigenvalue weighted by molar-refractivity contribution is -0.129. The van der Waals surface area contributed by atoms with Crippen LogP contribution in [0, 0.1) is 0 Å². The first kappa shape index (κ1) is 17.9. The highest BCUT2D eigenvalue weighted by molar-refractivity contribution is 8.00. The average molecular weight is 381 g/mol. The standard InChI is InChI=1S/C15H19N5O3S2/c1-19-11-17-18-15(19)25(22,23)13-4-8-20(9-5-13)14(21)10-24-12-2-6-16-7-3-12/h2-3,6-7,11,13H,4-5,8-10H2,1H3. The van der Waals surface area contributed by atoms with E-state index in [1.165, 1.54) is 22.7 Å². The summed E-state index contributed by atoms with van der Waals surface area (Å²) in [5.74, 6) is 0.362. The summed E-state index contributed by atoms with van der Waals surface area (Å²) in [5, 5.41) is 6.83. The second kappa shape index (κ2) is 7.52. The molecule has 2 aromatic rings. The fraction of sp³-hybridized carbons (Fsp3) is 0.467. The van der Waals surface area contributed by atoms with Crippen molar-refractivity contribution < 1.29 is 13.2 Å². The third-order valence-electron chi connectivity index (χ3n) is 4.17. The lowest BCUT2D eigenvalue weighted by Gasteiger charge is -2.31. The molecule has 0 radical (unpaired) electrons. The van der Waals surface area contributed by atoms with Crippen LogP contribution in [-0.2, 0) is 21.7 Å². The van der Waals surface area contributed by atoms with Gasteiger partial charge < -0.3 is 9.47 Å². The molecular weight excluding hydrogens is 362 g/mol. The van der Waals surface area contributed by atoms with Gasteiger partial charge in [0.1, 0.15) is 6.33 Å². The Morgan fingerprint density at radius 2 is 1.96 bits per heavy atom. The van der Waals surface area contributed by atoms with Crippen molar-refractivity contribution in [3.63, 3.8) is 0 Å². The minimum atomic E-state index is -3.51. The highest BCUT2D eigenvalue weighted by Crippen LogP contribution is 2.24. The number of likely N-dealkylation sites (tertiary alicyclic amines) is 1. The van der Waals surface area contributed by atoms with Crippen molar-refractivity contribution in [2.75, 3.05) is 18.8 Å². The quantitative estimate of drug-likeness (QED) is 0.706. The molecule has 1 saturated heterocycles. The fourth-order valence-corrected chi connectivity index (χ4v) is 5.29. The van der Waals surface area contributed by atoms with Crippen molar-refractivity contribution in [3.8, 4) is 0 Å². The summed E-state index contributed by atoms with van der Waals surface area (Å²) in [6, 6.07) is 3.72. The summed E-state index contributed by atoms with van der Waals surface area (Å²) in [7, 11) is -1.90. The topological polar surface area (TPSA) is 98.0 Å². The first-order valence-electron chi connectivity index (χ1n) is 7.87. The highest BCUT2D eigenvalue weighted by atomic mass is 32.2. The van der Waals surface area contributed by atoms with Crippen LogP contribution in [0.3, 0.4) is 0 Å². The van der Waals surface area contributed by atoms with Gasteiger partial charge in [0.05, 0.1) is 11.0 Å². The molecule has 0 saturated carbocycles. The predicted octanol–water partition coefficient (Wildman–Crippen LogP) is 0.767. The molecule has 0 spiro atoms. The minimum Gasteiger partial charge on any atom is -0.342 e. The number of hydrogen-bond donors (Lipinski definition) is 0. The van der Waals surface area contributed by atoms with Gasteiger partial charge in [-0.05, 0) is 25.0 Å². The number of aromatic nitrogens is 4. The summed E-state index contributed by atoms with van der Waals surface area (Å²) in [5.41, 5.74) is 0. The lowest BCUT2D eigenvalue weighted by atomic mass is 10.1. The van der Waals surface area contributed by atoms with Gasteiger partial charge in [-0.15, -0.1) is 22.0 Å². The van der Waals surface area contributed by atoms with E-state index in [0.717, 1.165) is 4.90 Å². The first-order chi connectivity index (χ1) is 12.0. The number of rotatable bonds is 5. The second-order valence-corrected chi connectivity index (χ2v) is 8.99. The third kappa shape index (κ3) is 4.01. The fourth-order valence-electron chi connectivity index (χ4n) is 2.77. The molecule has 0 aliphatic carbocycles. The maximum absolute atomic E-state index is 12.6. The van der Waals surface area contributed by atoms with Gasteiger partial charge in [-0.25, -0.2) is 8.42 Å². The average Bonchev–Trinajstić information content (AvgIpc) is 3.07. The molecule has 0 atom stereocenters. The van der Waals surface area contributed by atoms with E-state index in [9.17, 15) is 13.2 Å². The van der Waals surface area contributed by atoms with Crippen LogP contribution in [0.2, 0.25) is 0 Å². The molecule has 3 heterocycles. The molecule has 25 heavy (non-hydrogen) atoms. The number of carbonyl (C=O) groups is 1. The molecular formula is C15H19N5O3S2. The van der Waals surface area contributed by atoms with Crippen LogP contribution >= 0.6 is 11.8 Å². The maximum atomic E-state index is 12.6. The van der Waals surface area contributed by atoms with Gasteiger partial charge in [-0.1, -0.05) is 0 Å². The second-order valence-electron chi connectivity index (χ2n) is 5.82. The Balaban J connectivity index is 1.55.